The molecule has 0 radical (unpaired) electrons. The monoisotopic (exact) mass is 390 g/mol. The Kier molecular flexibility index (Phi) is 4.99. The molecule has 1 amide bonds. The molecule has 4 rings (SSSR count). The highest BCUT2D eigenvalue weighted by molar-refractivity contribution is 6.06. The zero-order chi connectivity index (χ0) is 20.4. The van der Waals surface area contributed by atoms with E-state index in [4.69, 9.17) is 4.74 Å². The Morgan fingerprint density at radius 1 is 1.21 bits per heavy atom. The molecule has 2 N–H and O–H groups in total. The van der Waals surface area contributed by atoms with Crippen LogP contribution in [-0.4, -0.2) is 32.7 Å². The number of allylic oxidation sites excluding steroid dienone is 1. The van der Waals surface area contributed by atoms with Gasteiger partial charge in [-0.1, -0.05) is 35.4 Å². The molecule has 0 spiro atoms. The summed E-state index contributed by atoms with van der Waals surface area (Å²) in [7, 11) is 0. The Balaban J connectivity index is 1.79. The van der Waals surface area contributed by atoms with Crippen molar-refractivity contribution < 1.29 is 9.53 Å². The smallest absolute Gasteiger partial charge is 0.255 e. The third-order valence-corrected chi connectivity index (χ3v) is 4.75. The first-order chi connectivity index (χ1) is 14.1. The number of benzene rings is 2. The summed E-state index contributed by atoms with van der Waals surface area (Å²) in [5.41, 5.74) is 3.83. The Morgan fingerprint density at radius 3 is 2.83 bits per heavy atom. The number of hydrogen-bond acceptors (Lipinski definition) is 6. The summed E-state index contributed by atoms with van der Waals surface area (Å²) in [6, 6.07) is 14.8. The van der Waals surface area contributed by atoms with Gasteiger partial charge in [0.25, 0.3) is 5.91 Å². The second kappa shape index (κ2) is 7.75. The summed E-state index contributed by atoms with van der Waals surface area (Å²) in [5, 5.41) is 18.1. The predicted molar refractivity (Wildman–Crippen MR) is 110 cm³/mol. The molecule has 8 heteroatoms. The first-order valence-corrected chi connectivity index (χ1v) is 9.44. The Bertz CT molecular complexity index is 1090. The van der Waals surface area contributed by atoms with Crippen molar-refractivity contribution in [3.8, 4) is 5.75 Å². The largest absolute Gasteiger partial charge is 0.494 e. The lowest BCUT2D eigenvalue weighted by Gasteiger charge is -2.29. The van der Waals surface area contributed by atoms with Crippen LogP contribution >= 0.6 is 0 Å². The van der Waals surface area contributed by atoms with Gasteiger partial charge < -0.3 is 15.4 Å². The van der Waals surface area contributed by atoms with Crippen LogP contribution in [0.25, 0.3) is 0 Å². The number of fused-ring (bicyclic) bond motifs is 1. The third-order valence-electron chi connectivity index (χ3n) is 4.75. The van der Waals surface area contributed by atoms with Crippen molar-refractivity contribution in [1.29, 1.82) is 0 Å². The number of nitrogens with one attached hydrogen (secondary N) is 2. The molecular formula is C21H22N6O2. The van der Waals surface area contributed by atoms with Gasteiger partial charge in [0.05, 0.1) is 12.2 Å². The van der Waals surface area contributed by atoms with Crippen LogP contribution in [-0.2, 0) is 4.79 Å². The predicted octanol–water partition coefficient (Wildman–Crippen LogP) is 3.31. The molecule has 148 valence electrons. The molecule has 1 aliphatic rings. The van der Waals surface area contributed by atoms with E-state index >= 15 is 0 Å². The highest BCUT2D eigenvalue weighted by atomic mass is 16.5. The maximum absolute atomic E-state index is 13.3. The summed E-state index contributed by atoms with van der Waals surface area (Å²) in [5.74, 6) is 0.945. The number of carbonyl (C=O) groups excluding carboxylic acids is 1. The van der Waals surface area contributed by atoms with Gasteiger partial charge in [-0.15, -0.1) is 0 Å². The van der Waals surface area contributed by atoms with E-state index in [0.29, 0.717) is 29.6 Å². The highest BCUT2D eigenvalue weighted by Crippen LogP contribution is 2.38. The highest BCUT2D eigenvalue weighted by Gasteiger charge is 2.35. The molecule has 1 aromatic heterocycles. The molecular weight excluding hydrogens is 368 g/mol. The van der Waals surface area contributed by atoms with Crippen molar-refractivity contribution >= 4 is 17.5 Å². The minimum Gasteiger partial charge on any atom is -0.494 e. The number of carbonyl (C=O) groups is 1. The summed E-state index contributed by atoms with van der Waals surface area (Å²) in [6.07, 6.45) is 0. The fraction of sp³-hybridized carbons (Fsp3) is 0.238. The van der Waals surface area contributed by atoms with Crippen LogP contribution in [0.3, 0.4) is 0 Å². The van der Waals surface area contributed by atoms with E-state index < -0.39 is 6.04 Å². The summed E-state index contributed by atoms with van der Waals surface area (Å²) < 4.78 is 7.43. The van der Waals surface area contributed by atoms with Gasteiger partial charge in [-0.2, -0.15) is 4.68 Å². The van der Waals surface area contributed by atoms with Gasteiger partial charge in [0.15, 0.2) is 0 Å². The number of aromatic nitrogens is 4. The normalized spacial score (nSPS) is 15.5. The number of para-hydroxylation sites is 1. The number of nitrogens with zero attached hydrogens (tertiary/aromatic N) is 4. The molecule has 1 unspecified atom stereocenters. The number of aryl methyl sites for hydroxylation is 1. The number of hydrogen-bond donors (Lipinski definition) is 2. The number of tetrazole rings is 1. The molecule has 0 saturated heterocycles. The molecule has 1 aliphatic heterocycles. The van der Waals surface area contributed by atoms with E-state index in [-0.39, 0.29) is 5.91 Å². The lowest BCUT2D eigenvalue weighted by Crippen LogP contribution is -2.31. The van der Waals surface area contributed by atoms with Crippen molar-refractivity contribution in [2.75, 3.05) is 17.2 Å². The van der Waals surface area contributed by atoms with Crippen molar-refractivity contribution in [1.82, 2.24) is 20.2 Å². The Labute approximate surface area is 168 Å². The minimum absolute atomic E-state index is 0.224. The van der Waals surface area contributed by atoms with Crippen LogP contribution < -0.4 is 15.4 Å². The first kappa shape index (κ1) is 18.7. The molecule has 2 heterocycles. The van der Waals surface area contributed by atoms with Gasteiger partial charge in [0, 0.05) is 16.9 Å². The van der Waals surface area contributed by atoms with Gasteiger partial charge in [0.2, 0.25) is 5.95 Å². The van der Waals surface area contributed by atoms with Crippen LogP contribution in [0.5, 0.6) is 5.75 Å². The van der Waals surface area contributed by atoms with Crippen LogP contribution in [0.15, 0.2) is 59.8 Å². The number of ether oxygens (including phenoxy) is 1. The zero-order valence-corrected chi connectivity index (χ0v) is 16.5. The molecule has 0 bridgehead atoms. The van der Waals surface area contributed by atoms with E-state index in [1.54, 1.807) is 4.68 Å². The molecule has 0 saturated carbocycles. The van der Waals surface area contributed by atoms with E-state index in [1.165, 1.54) is 0 Å². The average Bonchev–Trinajstić information content (AvgIpc) is 3.15. The number of amides is 1. The lowest BCUT2D eigenvalue weighted by atomic mass is 9.94. The number of anilines is 2. The molecule has 3 aromatic rings. The molecule has 0 fully saturated rings. The lowest BCUT2D eigenvalue weighted by molar-refractivity contribution is -0.113. The molecule has 0 aliphatic carbocycles. The SMILES string of the molecule is CCOc1ccccc1C1C(C(=O)Nc2cccc(C)c2)=C(C)Nc2nnnn21. The van der Waals surface area contributed by atoms with Crippen LogP contribution in [0.2, 0.25) is 0 Å². The quantitative estimate of drug-likeness (QED) is 0.694. The topological polar surface area (TPSA) is 94.0 Å². The molecule has 2 aromatic carbocycles. The first-order valence-electron chi connectivity index (χ1n) is 9.44. The van der Waals surface area contributed by atoms with Crippen molar-refractivity contribution in [2.45, 2.75) is 26.8 Å². The van der Waals surface area contributed by atoms with Gasteiger partial charge in [-0.25, -0.2) is 0 Å². The number of rotatable bonds is 5. The average molecular weight is 390 g/mol. The van der Waals surface area contributed by atoms with E-state index in [0.717, 1.165) is 16.8 Å². The molecule has 1 atom stereocenters. The zero-order valence-electron chi connectivity index (χ0n) is 16.5. The van der Waals surface area contributed by atoms with Crippen molar-refractivity contribution in [2.24, 2.45) is 0 Å². The summed E-state index contributed by atoms with van der Waals surface area (Å²) in [4.78, 5) is 13.3. The second-order valence-electron chi connectivity index (χ2n) is 6.81. The summed E-state index contributed by atoms with van der Waals surface area (Å²) in [6.45, 7) is 6.27. The maximum atomic E-state index is 13.3. The Morgan fingerprint density at radius 2 is 2.03 bits per heavy atom. The van der Waals surface area contributed by atoms with Crippen molar-refractivity contribution in [3.63, 3.8) is 0 Å². The van der Waals surface area contributed by atoms with Gasteiger partial charge in [0.1, 0.15) is 11.8 Å². The van der Waals surface area contributed by atoms with Crippen LogP contribution in [0, 0.1) is 6.92 Å². The van der Waals surface area contributed by atoms with Crippen LogP contribution in [0.4, 0.5) is 11.6 Å². The van der Waals surface area contributed by atoms with E-state index in [9.17, 15) is 4.79 Å². The van der Waals surface area contributed by atoms with Gasteiger partial charge >= 0.3 is 0 Å². The Hall–Kier alpha value is -3.68. The second-order valence-corrected chi connectivity index (χ2v) is 6.81. The van der Waals surface area contributed by atoms with Crippen LogP contribution in [0.1, 0.15) is 31.0 Å². The third kappa shape index (κ3) is 3.56. The summed E-state index contributed by atoms with van der Waals surface area (Å²) >= 11 is 0. The molecule has 8 nitrogen and oxygen atoms in total. The van der Waals surface area contributed by atoms with E-state index in [2.05, 4.69) is 26.2 Å². The van der Waals surface area contributed by atoms with Gasteiger partial charge in [-0.05, 0) is 55.0 Å². The fourth-order valence-corrected chi connectivity index (χ4v) is 3.51. The fourth-order valence-electron chi connectivity index (χ4n) is 3.51. The molecule has 29 heavy (non-hydrogen) atoms. The standard InChI is InChI=1S/C21H22N6O2/c1-4-29-17-11-6-5-10-16(17)19-18(14(3)22-21-24-25-26-27(19)21)20(28)23-15-9-7-8-13(2)12-15/h5-12,19H,4H2,1-3H3,(H,23,28)(H,22,24,26). The van der Waals surface area contributed by atoms with E-state index in [1.807, 2.05) is 69.3 Å². The maximum Gasteiger partial charge on any atom is 0.255 e. The van der Waals surface area contributed by atoms with Crippen molar-refractivity contribution in [3.05, 3.63) is 70.9 Å². The van der Waals surface area contributed by atoms with Gasteiger partial charge in [-0.3, -0.25) is 4.79 Å². The minimum atomic E-state index is -0.520.